The van der Waals surface area contributed by atoms with Crippen LogP contribution in [0.3, 0.4) is 0 Å². The lowest BCUT2D eigenvalue weighted by Crippen LogP contribution is -2.25. The molecule has 192 valence electrons. The van der Waals surface area contributed by atoms with Crippen molar-refractivity contribution in [2.45, 2.75) is 37.5 Å². The second-order valence-corrected chi connectivity index (χ2v) is 12.4. The molecular weight excluding hydrogens is 510 g/mol. The van der Waals surface area contributed by atoms with Gasteiger partial charge in [0.2, 0.25) is 0 Å². The van der Waals surface area contributed by atoms with Crippen LogP contribution >= 0.6 is 22.9 Å². The summed E-state index contributed by atoms with van der Waals surface area (Å²) >= 11 is 7.94. The molecule has 1 heterocycles. The minimum Gasteiger partial charge on any atom is -0.401 e. The van der Waals surface area contributed by atoms with Crippen molar-refractivity contribution in [3.8, 4) is 10.4 Å². The van der Waals surface area contributed by atoms with Gasteiger partial charge in [-0.3, -0.25) is 0 Å². The van der Waals surface area contributed by atoms with E-state index in [-0.39, 0.29) is 0 Å². The fourth-order valence-corrected chi connectivity index (χ4v) is 5.57. The lowest BCUT2D eigenvalue weighted by Gasteiger charge is -2.16. The third-order valence-corrected chi connectivity index (χ3v) is 8.25. The van der Waals surface area contributed by atoms with Gasteiger partial charge in [0.05, 0.1) is 26.2 Å². The number of nitrogens with two attached hydrogens (primary N) is 1. The van der Waals surface area contributed by atoms with Crippen molar-refractivity contribution in [3.05, 3.63) is 82.3 Å². The molecular formula is C28H34ClN3O2S2. The highest BCUT2D eigenvalue weighted by molar-refractivity contribution is 7.90. The molecule has 0 aliphatic carbocycles. The van der Waals surface area contributed by atoms with Gasteiger partial charge in [-0.15, -0.1) is 11.3 Å². The maximum absolute atomic E-state index is 12.0. The Hall–Kier alpha value is -2.45. The number of aliphatic imine (C=N–C) groups is 1. The van der Waals surface area contributed by atoms with E-state index in [9.17, 15) is 8.42 Å². The van der Waals surface area contributed by atoms with Gasteiger partial charge in [-0.1, -0.05) is 62.1 Å². The van der Waals surface area contributed by atoms with Gasteiger partial charge in [0.1, 0.15) is 0 Å². The number of halogens is 1. The predicted molar refractivity (Wildman–Crippen MR) is 154 cm³/mol. The molecule has 2 N–H and O–H groups in total. The van der Waals surface area contributed by atoms with Crippen LogP contribution in [-0.4, -0.2) is 45.4 Å². The summed E-state index contributed by atoms with van der Waals surface area (Å²) in [6.45, 7) is 3.84. The van der Waals surface area contributed by atoms with Crippen molar-refractivity contribution in [1.29, 1.82) is 0 Å². The number of allylic oxidation sites excluding steroid dienone is 1. The fraction of sp³-hybridized carbons (Fsp3) is 0.321. The van der Waals surface area contributed by atoms with Crippen molar-refractivity contribution in [2.24, 2.45) is 10.7 Å². The largest absolute Gasteiger partial charge is 0.401 e. The molecule has 0 fully saturated rings. The second-order valence-electron chi connectivity index (χ2n) is 8.93. The summed E-state index contributed by atoms with van der Waals surface area (Å²) < 4.78 is 24.0. The standard InChI is InChI=1S/C28H34ClN3O2S2/c1-4-5-6-9-17-32(2)20-22(30)19-26(31-25-14-8-7-13-24(25)29)28-16-15-27(35-28)21-11-10-12-23(18-21)36(3,33)34/h7-8,10-16,18-19H,4-6,9,17,20,30H2,1-3H3/b22-19-,31-26?. The van der Waals surface area contributed by atoms with Crippen LogP contribution in [0.2, 0.25) is 5.02 Å². The third kappa shape index (κ3) is 8.30. The van der Waals surface area contributed by atoms with Gasteiger partial charge < -0.3 is 10.6 Å². The summed E-state index contributed by atoms with van der Waals surface area (Å²) in [6.07, 6.45) is 7.97. The van der Waals surface area contributed by atoms with Crippen molar-refractivity contribution < 1.29 is 8.42 Å². The molecule has 8 heteroatoms. The number of nitrogens with zero attached hydrogens (tertiary/aromatic N) is 2. The van der Waals surface area contributed by atoms with E-state index in [1.165, 1.54) is 36.9 Å². The van der Waals surface area contributed by atoms with Crippen molar-refractivity contribution in [2.75, 3.05) is 26.4 Å². The van der Waals surface area contributed by atoms with Crippen molar-refractivity contribution in [1.82, 2.24) is 4.90 Å². The van der Waals surface area contributed by atoms with Gasteiger partial charge in [0.25, 0.3) is 0 Å². The number of para-hydroxylation sites is 1. The number of benzene rings is 2. The SMILES string of the molecule is CCCCCCN(C)C/C(N)=C/C(=Nc1ccccc1Cl)c1ccc(-c2cccc(S(C)(=O)=O)c2)s1. The Labute approximate surface area is 224 Å². The summed E-state index contributed by atoms with van der Waals surface area (Å²) in [5.41, 5.74) is 9.41. The second kappa shape index (κ2) is 13.2. The number of sulfone groups is 1. The topological polar surface area (TPSA) is 75.8 Å². The molecule has 0 amide bonds. The molecule has 1 aromatic heterocycles. The lowest BCUT2D eigenvalue weighted by atomic mass is 10.2. The maximum atomic E-state index is 12.0. The minimum atomic E-state index is -3.29. The first-order valence-corrected chi connectivity index (χ1v) is 15.1. The fourth-order valence-electron chi connectivity index (χ4n) is 3.76. The van der Waals surface area contributed by atoms with Gasteiger partial charge in [-0.2, -0.15) is 0 Å². The molecule has 0 spiro atoms. The molecule has 5 nitrogen and oxygen atoms in total. The highest BCUT2D eigenvalue weighted by atomic mass is 35.5. The van der Waals surface area contributed by atoms with E-state index in [4.69, 9.17) is 22.3 Å². The predicted octanol–water partition coefficient (Wildman–Crippen LogP) is 6.95. The van der Waals surface area contributed by atoms with Crippen LogP contribution in [0, 0.1) is 0 Å². The Morgan fingerprint density at radius 2 is 1.86 bits per heavy atom. The summed E-state index contributed by atoms with van der Waals surface area (Å²) in [6, 6.07) is 18.4. The van der Waals surface area contributed by atoms with Crippen LogP contribution in [0.4, 0.5) is 5.69 Å². The molecule has 0 aliphatic rings. The zero-order valence-corrected chi connectivity index (χ0v) is 23.5. The number of hydrogen-bond donors (Lipinski definition) is 1. The molecule has 0 saturated carbocycles. The van der Waals surface area contributed by atoms with Crippen LogP contribution in [0.15, 0.2) is 82.3 Å². The van der Waals surface area contributed by atoms with E-state index < -0.39 is 9.84 Å². The summed E-state index contributed by atoms with van der Waals surface area (Å²) in [5.74, 6) is 0. The molecule has 0 aliphatic heterocycles. The van der Waals surface area contributed by atoms with Gasteiger partial charge in [0, 0.05) is 23.4 Å². The van der Waals surface area contributed by atoms with Gasteiger partial charge in [0.15, 0.2) is 9.84 Å². The molecule has 0 radical (unpaired) electrons. The Bertz CT molecular complexity index is 1330. The van der Waals surface area contributed by atoms with E-state index in [0.717, 1.165) is 34.0 Å². The quantitative estimate of drug-likeness (QED) is 0.198. The maximum Gasteiger partial charge on any atom is 0.175 e. The summed E-state index contributed by atoms with van der Waals surface area (Å²) in [7, 11) is -1.21. The van der Waals surface area contributed by atoms with E-state index >= 15 is 0 Å². The Morgan fingerprint density at radius 3 is 2.58 bits per heavy atom. The van der Waals surface area contributed by atoms with Gasteiger partial charge in [-0.05, 0) is 68.1 Å². The molecule has 2 aromatic carbocycles. The van der Waals surface area contributed by atoms with Crippen LogP contribution in [0.1, 0.15) is 37.5 Å². The van der Waals surface area contributed by atoms with Crippen LogP contribution in [0.5, 0.6) is 0 Å². The van der Waals surface area contributed by atoms with E-state index in [2.05, 4.69) is 18.9 Å². The first kappa shape index (κ1) is 28.1. The Kier molecular flexibility index (Phi) is 10.3. The highest BCUT2D eigenvalue weighted by Crippen LogP contribution is 2.32. The minimum absolute atomic E-state index is 0.297. The average molecular weight is 544 g/mol. The third-order valence-electron chi connectivity index (χ3n) is 5.67. The monoisotopic (exact) mass is 543 g/mol. The molecule has 0 atom stereocenters. The van der Waals surface area contributed by atoms with Gasteiger partial charge in [-0.25, -0.2) is 13.4 Å². The van der Waals surface area contributed by atoms with Crippen LogP contribution in [-0.2, 0) is 9.84 Å². The van der Waals surface area contributed by atoms with Crippen LogP contribution in [0.25, 0.3) is 10.4 Å². The molecule has 0 saturated heterocycles. The first-order chi connectivity index (χ1) is 17.2. The molecule has 0 unspecified atom stereocenters. The van der Waals surface area contributed by atoms with E-state index in [1.807, 2.05) is 48.5 Å². The zero-order chi connectivity index (χ0) is 26.1. The number of hydrogen-bond acceptors (Lipinski definition) is 6. The van der Waals surface area contributed by atoms with Crippen molar-refractivity contribution in [3.63, 3.8) is 0 Å². The normalized spacial score (nSPS) is 12.9. The smallest absolute Gasteiger partial charge is 0.175 e. The number of thiophene rings is 1. The lowest BCUT2D eigenvalue weighted by molar-refractivity contribution is 0.349. The van der Waals surface area contributed by atoms with Crippen LogP contribution < -0.4 is 5.73 Å². The zero-order valence-electron chi connectivity index (χ0n) is 21.1. The summed E-state index contributed by atoms with van der Waals surface area (Å²) in [4.78, 5) is 9.24. The van der Waals surface area contributed by atoms with Crippen molar-refractivity contribution >= 4 is 44.2 Å². The molecule has 3 rings (SSSR count). The number of likely N-dealkylation sites (N-methyl/N-ethyl adjacent to an activating group) is 1. The van der Waals surface area contributed by atoms with E-state index in [0.29, 0.717) is 27.8 Å². The molecule has 3 aromatic rings. The molecule has 0 bridgehead atoms. The number of unbranched alkanes of at least 4 members (excludes halogenated alkanes) is 3. The van der Waals surface area contributed by atoms with Gasteiger partial charge >= 0.3 is 0 Å². The Balaban J connectivity index is 1.91. The highest BCUT2D eigenvalue weighted by Gasteiger charge is 2.13. The molecule has 36 heavy (non-hydrogen) atoms. The van der Waals surface area contributed by atoms with E-state index in [1.54, 1.807) is 18.2 Å². The number of rotatable bonds is 12. The summed E-state index contributed by atoms with van der Waals surface area (Å²) in [5, 5.41) is 0.563. The average Bonchev–Trinajstić information content (AvgIpc) is 3.33. The first-order valence-electron chi connectivity index (χ1n) is 12.1. The Morgan fingerprint density at radius 1 is 1.08 bits per heavy atom.